The molecule has 144 valence electrons. The van der Waals surface area contributed by atoms with E-state index in [2.05, 4.69) is 16.2 Å². The van der Waals surface area contributed by atoms with E-state index in [1.165, 1.54) is 11.3 Å². The van der Waals surface area contributed by atoms with Crippen molar-refractivity contribution in [2.24, 2.45) is 0 Å². The van der Waals surface area contributed by atoms with E-state index in [9.17, 15) is 5.26 Å². The fraction of sp³-hybridized carbons (Fsp3) is 0.136. The van der Waals surface area contributed by atoms with Gasteiger partial charge in [0.2, 0.25) is 0 Å². The molecule has 2 aromatic carbocycles. The van der Waals surface area contributed by atoms with Crippen LogP contribution in [0.15, 0.2) is 60.0 Å². The summed E-state index contributed by atoms with van der Waals surface area (Å²) >= 11 is 1.49. The Morgan fingerprint density at radius 3 is 2.55 bits per heavy atom. The highest BCUT2D eigenvalue weighted by atomic mass is 32.1. The number of hydrogen-bond acceptors (Lipinski definition) is 6. The van der Waals surface area contributed by atoms with Crippen LogP contribution in [0.4, 0.5) is 0 Å². The van der Waals surface area contributed by atoms with Crippen molar-refractivity contribution in [3.8, 4) is 28.1 Å². The molecule has 0 aliphatic rings. The summed E-state index contributed by atoms with van der Waals surface area (Å²) in [5, 5.41) is 25.9. The van der Waals surface area contributed by atoms with Crippen LogP contribution in [0, 0.1) is 18.3 Å². The fourth-order valence-corrected chi connectivity index (χ4v) is 3.81. The number of aliphatic hydroxyl groups is 1. The molecule has 0 aliphatic carbocycles. The first-order valence-corrected chi connectivity index (χ1v) is 9.90. The van der Waals surface area contributed by atoms with Crippen LogP contribution in [0.25, 0.3) is 16.3 Å². The molecule has 0 atom stereocenters. The van der Waals surface area contributed by atoms with E-state index in [0.717, 1.165) is 16.3 Å². The number of thiazole rings is 1. The van der Waals surface area contributed by atoms with E-state index in [0.29, 0.717) is 28.4 Å². The van der Waals surface area contributed by atoms with Crippen LogP contribution in [0.5, 0.6) is 5.75 Å². The van der Waals surface area contributed by atoms with E-state index in [1.807, 2.05) is 66.9 Å². The molecule has 0 fully saturated rings. The molecule has 0 spiro atoms. The number of aliphatic hydroxyl groups excluding tert-OH is 1. The highest BCUT2D eigenvalue weighted by molar-refractivity contribution is 7.13. The normalized spacial score (nSPS) is 10.7. The summed E-state index contributed by atoms with van der Waals surface area (Å²) in [6, 6.07) is 19.5. The lowest BCUT2D eigenvalue weighted by molar-refractivity contribution is 0.278. The third-order valence-electron chi connectivity index (χ3n) is 4.46. The largest absolute Gasteiger partial charge is 0.487 e. The number of aryl methyl sites for hydroxylation is 1. The van der Waals surface area contributed by atoms with Crippen LogP contribution < -0.4 is 4.74 Å². The number of rotatable bonds is 6. The number of aromatic nitrogens is 3. The summed E-state index contributed by atoms with van der Waals surface area (Å²) < 4.78 is 7.72. The van der Waals surface area contributed by atoms with Crippen molar-refractivity contribution < 1.29 is 9.84 Å². The van der Waals surface area contributed by atoms with Crippen LogP contribution >= 0.6 is 11.3 Å². The number of para-hydroxylation sites is 1. The summed E-state index contributed by atoms with van der Waals surface area (Å²) in [5.74, 6) is 0.690. The fourth-order valence-electron chi connectivity index (χ4n) is 2.99. The molecular formula is C22H18N4O2S. The molecule has 0 unspecified atom stereocenters. The standard InChI is InChI=1S/C22H18N4O2S/c1-15-20(11-23)21(26(25-15)18-5-3-2-4-6-18)13-28-19-9-7-16(8-10-19)22-24-17(12-27)14-29-22/h2-10,14,27H,12-13H2,1H3. The average Bonchev–Trinajstić information content (AvgIpc) is 3.37. The van der Waals surface area contributed by atoms with Crippen LogP contribution in [-0.4, -0.2) is 19.9 Å². The van der Waals surface area contributed by atoms with Crippen molar-refractivity contribution in [1.29, 1.82) is 5.26 Å². The maximum absolute atomic E-state index is 9.56. The Morgan fingerprint density at radius 1 is 1.14 bits per heavy atom. The number of ether oxygens (including phenoxy) is 1. The molecule has 0 radical (unpaired) electrons. The van der Waals surface area contributed by atoms with Crippen LogP contribution in [0.3, 0.4) is 0 Å². The molecule has 2 aromatic heterocycles. The Hall–Kier alpha value is -3.47. The minimum Gasteiger partial charge on any atom is -0.487 e. The summed E-state index contributed by atoms with van der Waals surface area (Å²) in [5.41, 5.74) is 4.43. The highest BCUT2D eigenvalue weighted by Crippen LogP contribution is 2.27. The van der Waals surface area contributed by atoms with Crippen LogP contribution in [0.2, 0.25) is 0 Å². The molecule has 6 nitrogen and oxygen atoms in total. The van der Waals surface area contributed by atoms with E-state index in [-0.39, 0.29) is 13.2 Å². The molecule has 0 amide bonds. The molecule has 4 aromatic rings. The summed E-state index contributed by atoms with van der Waals surface area (Å²) in [6.45, 7) is 1.99. The topological polar surface area (TPSA) is 84.0 Å². The summed E-state index contributed by atoms with van der Waals surface area (Å²) in [6.07, 6.45) is 0. The smallest absolute Gasteiger partial charge is 0.132 e. The Morgan fingerprint density at radius 2 is 1.90 bits per heavy atom. The first-order valence-electron chi connectivity index (χ1n) is 9.02. The molecular weight excluding hydrogens is 384 g/mol. The zero-order valence-electron chi connectivity index (χ0n) is 15.7. The lowest BCUT2D eigenvalue weighted by Gasteiger charge is -2.10. The second-order valence-electron chi connectivity index (χ2n) is 6.38. The number of nitriles is 1. The molecule has 1 N–H and O–H groups in total. The quantitative estimate of drug-likeness (QED) is 0.521. The minimum atomic E-state index is -0.0621. The SMILES string of the molecule is Cc1nn(-c2ccccc2)c(COc2ccc(-c3nc(CO)cs3)cc2)c1C#N. The predicted molar refractivity (Wildman–Crippen MR) is 111 cm³/mol. The minimum absolute atomic E-state index is 0.0621. The Kier molecular flexibility index (Phi) is 5.38. The van der Waals surface area contributed by atoms with Gasteiger partial charge in [-0.2, -0.15) is 10.4 Å². The lowest BCUT2D eigenvalue weighted by Crippen LogP contribution is -2.07. The van der Waals surface area contributed by atoms with E-state index >= 15 is 0 Å². The maximum Gasteiger partial charge on any atom is 0.132 e. The third-order valence-corrected chi connectivity index (χ3v) is 5.40. The van der Waals surface area contributed by atoms with Gasteiger partial charge in [0.15, 0.2) is 0 Å². The van der Waals surface area contributed by atoms with Crippen LogP contribution in [-0.2, 0) is 13.2 Å². The molecule has 0 saturated heterocycles. The first-order chi connectivity index (χ1) is 14.2. The van der Waals surface area contributed by atoms with Gasteiger partial charge in [0.25, 0.3) is 0 Å². The molecule has 2 heterocycles. The van der Waals surface area contributed by atoms with Gasteiger partial charge in [-0.05, 0) is 43.3 Å². The number of hydrogen-bond donors (Lipinski definition) is 1. The van der Waals surface area contributed by atoms with Gasteiger partial charge < -0.3 is 9.84 Å². The molecule has 0 aliphatic heterocycles. The van der Waals surface area contributed by atoms with E-state index < -0.39 is 0 Å². The maximum atomic E-state index is 9.56. The van der Waals surface area contributed by atoms with Gasteiger partial charge in [0.05, 0.1) is 29.4 Å². The second kappa shape index (κ2) is 8.27. The predicted octanol–water partition coefficient (Wildman–Crippen LogP) is 4.25. The van der Waals surface area contributed by atoms with Gasteiger partial charge in [-0.15, -0.1) is 11.3 Å². The molecule has 0 saturated carbocycles. The average molecular weight is 402 g/mol. The van der Waals surface area contributed by atoms with E-state index in [1.54, 1.807) is 4.68 Å². The van der Waals surface area contributed by atoms with Gasteiger partial charge in [-0.1, -0.05) is 18.2 Å². The number of benzene rings is 2. The first kappa shape index (κ1) is 18.9. The Bertz CT molecular complexity index is 1160. The van der Waals surface area contributed by atoms with Gasteiger partial charge >= 0.3 is 0 Å². The molecule has 0 bridgehead atoms. The van der Waals surface area contributed by atoms with E-state index in [4.69, 9.17) is 9.84 Å². The van der Waals surface area contributed by atoms with Crippen molar-refractivity contribution in [2.45, 2.75) is 20.1 Å². The van der Waals surface area contributed by atoms with Crippen molar-refractivity contribution >= 4 is 11.3 Å². The molecule has 4 rings (SSSR count). The molecule has 7 heteroatoms. The third kappa shape index (κ3) is 3.90. The van der Waals surface area contributed by atoms with Gasteiger partial charge in [-0.3, -0.25) is 0 Å². The van der Waals surface area contributed by atoms with Crippen molar-refractivity contribution in [3.63, 3.8) is 0 Å². The van der Waals surface area contributed by atoms with Crippen molar-refractivity contribution in [3.05, 3.63) is 82.6 Å². The Balaban J connectivity index is 1.55. The summed E-state index contributed by atoms with van der Waals surface area (Å²) in [4.78, 5) is 4.37. The zero-order valence-corrected chi connectivity index (χ0v) is 16.6. The molecule has 29 heavy (non-hydrogen) atoms. The second-order valence-corrected chi connectivity index (χ2v) is 7.24. The van der Waals surface area contributed by atoms with Gasteiger partial charge in [0.1, 0.15) is 29.0 Å². The van der Waals surface area contributed by atoms with Gasteiger partial charge in [0, 0.05) is 10.9 Å². The highest BCUT2D eigenvalue weighted by Gasteiger charge is 2.17. The Labute approximate surface area is 172 Å². The summed E-state index contributed by atoms with van der Waals surface area (Å²) in [7, 11) is 0. The monoisotopic (exact) mass is 402 g/mol. The van der Waals surface area contributed by atoms with Crippen LogP contribution in [0.1, 0.15) is 22.6 Å². The zero-order chi connectivity index (χ0) is 20.2. The number of nitrogens with zero attached hydrogens (tertiary/aromatic N) is 4. The lowest BCUT2D eigenvalue weighted by atomic mass is 10.2. The van der Waals surface area contributed by atoms with Gasteiger partial charge in [-0.25, -0.2) is 9.67 Å². The van der Waals surface area contributed by atoms with Crippen molar-refractivity contribution in [2.75, 3.05) is 0 Å². The van der Waals surface area contributed by atoms with Crippen molar-refractivity contribution in [1.82, 2.24) is 14.8 Å².